The molecule has 0 atom stereocenters. The van der Waals surface area contributed by atoms with E-state index in [0.29, 0.717) is 10.0 Å². The smallest absolute Gasteiger partial charge is 0.305 e. The van der Waals surface area contributed by atoms with Gasteiger partial charge in [-0.25, -0.2) is 0 Å². The van der Waals surface area contributed by atoms with Gasteiger partial charge in [0.15, 0.2) is 0 Å². The maximum absolute atomic E-state index is 12.5. The van der Waals surface area contributed by atoms with Crippen LogP contribution in [0.4, 0.5) is 0 Å². The van der Waals surface area contributed by atoms with E-state index in [4.69, 9.17) is 5.11 Å². The fraction of sp³-hybridized carbons (Fsp3) is 0.429. The van der Waals surface area contributed by atoms with E-state index in [1.54, 1.807) is 12.1 Å². The van der Waals surface area contributed by atoms with E-state index in [9.17, 15) is 14.7 Å². The first-order valence-corrected chi connectivity index (χ1v) is 6.94. The molecule has 5 nitrogen and oxygen atoms in total. The fourth-order valence-electron chi connectivity index (χ4n) is 1.75. The number of hydrogen-bond donors (Lipinski definition) is 2. The van der Waals surface area contributed by atoms with Crippen LogP contribution < -0.4 is 0 Å². The largest absolute Gasteiger partial charge is 0.507 e. The molecule has 0 spiro atoms. The molecule has 0 saturated carbocycles. The Balaban J connectivity index is 3.03. The minimum atomic E-state index is -0.953. The molecular formula is C14H18BrNO4. The number of carbonyl (C=O) groups is 2. The zero-order valence-electron chi connectivity index (χ0n) is 11.7. The Kier molecular flexibility index (Phi) is 5.16. The predicted molar refractivity (Wildman–Crippen MR) is 78.8 cm³/mol. The molecule has 0 radical (unpaired) electrons. The first-order chi connectivity index (χ1) is 9.12. The van der Waals surface area contributed by atoms with Crippen molar-refractivity contribution in [3.8, 4) is 5.75 Å². The second-order valence-electron chi connectivity index (χ2n) is 5.44. The van der Waals surface area contributed by atoms with Crippen LogP contribution in [-0.2, 0) is 4.79 Å². The van der Waals surface area contributed by atoms with Crippen LogP contribution >= 0.6 is 15.9 Å². The summed E-state index contributed by atoms with van der Waals surface area (Å²) in [6.45, 7) is 5.64. The molecule has 0 fully saturated rings. The number of amides is 1. The highest BCUT2D eigenvalue weighted by molar-refractivity contribution is 9.10. The highest BCUT2D eigenvalue weighted by atomic mass is 79.9. The second-order valence-corrected chi connectivity index (χ2v) is 6.29. The summed E-state index contributed by atoms with van der Waals surface area (Å²) < 4.78 is 0.502. The van der Waals surface area contributed by atoms with Gasteiger partial charge in [-0.15, -0.1) is 0 Å². The van der Waals surface area contributed by atoms with Gasteiger partial charge in [0.2, 0.25) is 0 Å². The molecule has 0 aliphatic heterocycles. The zero-order chi connectivity index (χ0) is 15.5. The maximum atomic E-state index is 12.5. The van der Waals surface area contributed by atoms with Crippen molar-refractivity contribution in [3.05, 3.63) is 28.2 Å². The average Bonchev–Trinajstić information content (AvgIpc) is 2.30. The summed E-state index contributed by atoms with van der Waals surface area (Å²) in [5.41, 5.74) is -0.180. The van der Waals surface area contributed by atoms with Crippen LogP contribution in [0.5, 0.6) is 5.75 Å². The molecule has 0 aromatic heterocycles. The predicted octanol–water partition coefficient (Wildman–Crippen LogP) is 2.87. The fourth-order valence-corrected chi connectivity index (χ4v) is 2.00. The van der Waals surface area contributed by atoms with E-state index in [0.717, 1.165) is 0 Å². The Labute approximate surface area is 126 Å². The third-order valence-electron chi connectivity index (χ3n) is 2.80. The topological polar surface area (TPSA) is 77.8 Å². The highest BCUT2D eigenvalue weighted by Crippen LogP contribution is 2.26. The summed E-state index contributed by atoms with van der Waals surface area (Å²) in [6, 6.07) is 4.54. The Bertz CT molecular complexity index is 522. The molecule has 0 saturated heterocycles. The number of phenolic OH excluding ortho intramolecular Hbond substituents is 1. The van der Waals surface area contributed by atoms with Gasteiger partial charge in [0.05, 0.1) is 10.9 Å². The molecule has 1 rings (SSSR count). The van der Waals surface area contributed by atoms with Crippen LogP contribution in [0.15, 0.2) is 22.7 Å². The van der Waals surface area contributed by atoms with Crippen molar-refractivity contribution in [2.75, 3.05) is 6.54 Å². The Morgan fingerprint density at radius 3 is 2.35 bits per heavy atom. The van der Waals surface area contributed by atoms with Crippen LogP contribution in [0.3, 0.4) is 0 Å². The van der Waals surface area contributed by atoms with Crippen molar-refractivity contribution in [2.45, 2.75) is 32.7 Å². The standard InChI is InChI=1S/C14H18BrNO4/c1-14(2,3)16(7-6-12(18)19)13(20)9-4-5-10(15)11(17)8-9/h4-5,8,17H,6-7H2,1-3H3,(H,18,19). The van der Waals surface area contributed by atoms with Gasteiger partial charge in [0.1, 0.15) is 5.75 Å². The number of aromatic hydroxyl groups is 1. The number of carboxylic acids is 1. The molecular weight excluding hydrogens is 326 g/mol. The van der Waals surface area contributed by atoms with Gasteiger partial charge in [0.25, 0.3) is 5.91 Å². The molecule has 110 valence electrons. The molecule has 0 bridgehead atoms. The quantitative estimate of drug-likeness (QED) is 0.880. The second kappa shape index (κ2) is 6.26. The Morgan fingerprint density at radius 2 is 1.90 bits per heavy atom. The lowest BCUT2D eigenvalue weighted by Crippen LogP contribution is -2.46. The van der Waals surface area contributed by atoms with Crippen molar-refractivity contribution in [2.24, 2.45) is 0 Å². The third kappa shape index (κ3) is 4.23. The van der Waals surface area contributed by atoms with Gasteiger partial charge in [-0.2, -0.15) is 0 Å². The minimum absolute atomic E-state index is 0.0251. The summed E-state index contributed by atoms with van der Waals surface area (Å²) >= 11 is 3.15. The van der Waals surface area contributed by atoms with E-state index in [2.05, 4.69) is 15.9 Å². The van der Waals surface area contributed by atoms with E-state index >= 15 is 0 Å². The number of benzene rings is 1. The number of halogens is 1. The van der Waals surface area contributed by atoms with Gasteiger partial charge in [-0.1, -0.05) is 0 Å². The van der Waals surface area contributed by atoms with Crippen LogP contribution in [0.1, 0.15) is 37.6 Å². The van der Waals surface area contributed by atoms with Gasteiger partial charge in [-0.3, -0.25) is 9.59 Å². The maximum Gasteiger partial charge on any atom is 0.305 e. The normalized spacial score (nSPS) is 11.2. The van der Waals surface area contributed by atoms with Crippen molar-refractivity contribution in [1.29, 1.82) is 0 Å². The molecule has 20 heavy (non-hydrogen) atoms. The van der Waals surface area contributed by atoms with Crippen LogP contribution in [0.25, 0.3) is 0 Å². The number of hydrogen-bond acceptors (Lipinski definition) is 3. The number of carbonyl (C=O) groups excluding carboxylic acids is 1. The van der Waals surface area contributed by atoms with Crippen LogP contribution in [0, 0.1) is 0 Å². The van der Waals surface area contributed by atoms with E-state index < -0.39 is 11.5 Å². The lowest BCUT2D eigenvalue weighted by molar-refractivity contribution is -0.137. The minimum Gasteiger partial charge on any atom is -0.507 e. The van der Waals surface area contributed by atoms with E-state index in [-0.39, 0.29) is 24.6 Å². The molecule has 1 amide bonds. The zero-order valence-corrected chi connectivity index (χ0v) is 13.3. The number of phenols is 1. The first kappa shape index (κ1) is 16.5. The first-order valence-electron chi connectivity index (χ1n) is 6.15. The summed E-state index contributed by atoms with van der Waals surface area (Å²) in [5, 5.41) is 18.4. The molecule has 1 aromatic rings. The third-order valence-corrected chi connectivity index (χ3v) is 3.47. The average molecular weight is 344 g/mol. The number of aliphatic carboxylic acids is 1. The summed E-state index contributed by atoms with van der Waals surface area (Å²) in [6.07, 6.45) is -0.120. The van der Waals surface area contributed by atoms with Gasteiger partial charge in [0, 0.05) is 17.6 Å². The van der Waals surface area contributed by atoms with E-state index in [1.807, 2.05) is 20.8 Å². The monoisotopic (exact) mass is 343 g/mol. The van der Waals surface area contributed by atoms with Crippen LogP contribution in [-0.4, -0.2) is 39.1 Å². The van der Waals surface area contributed by atoms with E-state index in [1.165, 1.54) is 11.0 Å². The number of rotatable bonds is 4. The summed E-state index contributed by atoms with van der Waals surface area (Å²) in [5.74, 6) is -1.28. The molecule has 1 aromatic carbocycles. The summed E-state index contributed by atoms with van der Waals surface area (Å²) in [4.78, 5) is 24.7. The molecule has 0 aliphatic rings. The number of carboxylic acid groups (broad SMARTS) is 1. The molecule has 2 N–H and O–H groups in total. The number of nitrogens with zero attached hydrogens (tertiary/aromatic N) is 1. The van der Waals surface area contributed by atoms with Gasteiger partial charge >= 0.3 is 5.97 Å². The molecule has 0 unspecified atom stereocenters. The lowest BCUT2D eigenvalue weighted by Gasteiger charge is -2.35. The lowest BCUT2D eigenvalue weighted by atomic mass is 10.0. The molecule has 0 heterocycles. The van der Waals surface area contributed by atoms with Crippen molar-refractivity contribution in [1.82, 2.24) is 4.90 Å². The van der Waals surface area contributed by atoms with Gasteiger partial charge in [-0.05, 0) is 54.9 Å². The van der Waals surface area contributed by atoms with Crippen molar-refractivity contribution in [3.63, 3.8) is 0 Å². The van der Waals surface area contributed by atoms with Crippen molar-refractivity contribution >= 4 is 27.8 Å². The van der Waals surface area contributed by atoms with Crippen molar-refractivity contribution < 1.29 is 19.8 Å². The summed E-state index contributed by atoms with van der Waals surface area (Å²) in [7, 11) is 0. The Hall–Kier alpha value is -1.56. The Morgan fingerprint density at radius 1 is 1.30 bits per heavy atom. The SMILES string of the molecule is CC(C)(C)N(CCC(=O)O)C(=O)c1ccc(Br)c(O)c1. The molecule has 6 heteroatoms. The van der Waals surface area contributed by atoms with Crippen LogP contribution in [0.2, 0.25) is 0 Å². The van der Waals surface area contributed by atoms with Gasteiger partial charge < -0.3 is 15.1 Å². The molecule has 0 aliphatic carbocycles. The highest BCUT2D eigenvalue weighted by Gasteiger charge is 2.28.